The molecule has 1 aromatic heterocycles. The minimum absolute atomic E-state index is 0.171. The molecule has 6 nitrogen and oxygen atoms in total. The number of H-pyrrole nitrogens is 1. The van der Waals surface area contributed by atoms with E-state index in [4.69, 9.17) is 15.3 Å². The summed E-state index contributed by atoms with van der Waals surface area (Å²) in [6, 6.07) is 0. The fraction of sp³-hybridized carbons (Fsp3) is 0.333. The van der Waals surface area contributed by atoms with E-state index in [0.717, 1.165) is 0 Å². The van der Waals surface area contributed by atoms with Gasteiger partial charge in [0.25, 0.3) is 0 Å². The summed E-state index contributed by atoms with van der Waals surface area (Å²) >= 11 is 0. The van der Waals surface area contributed by atoms with E-state index >= 15 is 0 Å². The summed E-state index contributed by atoms with van der Waals surface area (Å²) in [4.78, 5) is 16.2. The van der Waals surface area contributed by atoms with Crippen LogP contribution in [0.25, 0.3) is 0 Å². The van der Waals surface area contributed by atoms with Crippen LogP contribution in [0.3, 0.4) is 0 Å². The first-order chi connectivity index (χ1) is 5.63. The van der Waals surface area contributed by atoms with E-state index < -0.39 is 18.2 Å². The van der Waals surface area contributed by atoms with Crippen molar-refractivity contribution in [2.24, 2.45) is 0 Å². The molecule has 2 unspecified atom stereocenters. The van der Waals surface area contributed by atoms with Crippen LogP contribution in [0.4, 0.5) is 0 Å². The number of aromatic amines is 1. The molecule has 0 aliphatic rings. The van der Waals surface area contributed by atoms with Crippen molar-refractivity contribution in [2.45, 2.75) is 12.2 Å². The number of aromatic nitrogens is 2. The first kappa shape index (κ1) is 8.69. The molecule has 1 heterocycles. The summed E-state index contributed by atoms with van der Waals surface area (Å²) in [5.41, 5.74) is 0.171. The SMILES string of the molecule is O=C(O)C(O)C(O)c1cnc[nH]1. The second kappa shape index (κ2) is 3.33. The minimum Gasteiger partial charge on any atom is -0.479 e. The molecule has 0 spiro atoms. The summed E-state index contributed by atoms with van der Waals surface area (Å²) < 4.78 is 0. The molecule has 0 aliphatic carbocycles. The molecule has 2 atom stereocenters. The predicted molar refractivity (Wildman–Crippen MR) is 37.2 cm³/mol. The number of hydrogen-bond donors (Lipinski definition) is 4. The highest BCUT2D eigenvalue weighted by Crippen LogP contribution is 2.12. The van der Waals surface area contributed by atoms with E-state index in [2.05, 4.69) is 9.97 Å². The van der Waals surface area contributed by atoms with Gasteiger partial charge in [-0.15, -0.1) is 0 Å². The number of carboxylic acid groups (broad SMARTS) is 1. The van der Waals surface area contributed by atoms with Crippen LogP contribution in [0.2, 0.25) is 0 Å². The first-order valence-electron chi connectivity index (χ1n) is 3.20. The highest BCUT2D eigenvalue weighted by Gasteiger charge is 2.25. The smallest absolute Gasteiger partial charge is 0.335 e. The molecular formula is C6H8N2O4. The lowest BCUT2D eigenvalue weighted by atomic mass is 10.1. The Bertz CT molecular complexity index is 259. The highest BCUT2D eigenvalue weighted by molar-refractivity contribution is 5.72. The largest absolute Gasteiger partial charge is 0.479 e. The molecule has 0 radical (unpaired) electrons. The monoisotopic (exact) mass is 172 g/mol. The van der Waals surface area contributed by atoms with Crippen molar-refractivity contribution in [1.29, 1.82) is 0 Å². The molecule has 0 aliphatic heterocycles. The standard InChI is InChI=1S/C6H8N2O4/c9-4(5(10)6(11)12)3-1-7-2-8-3/h1-2,4-5,9-10H,(H,7,8)(H,11,12). The molecule has 1 aromatic rings. The van der Waals surface area contributed by atoms with Gasteiger partial charge in [-0.25, -0.2) is 9.78 Å². The minimum atomic E-state index is -1.83. The Hall–Kier alpha value is -1.40. The third kappa shape index (κ3) is 1.60. The third-order valence-electron chi connectivity index (χ3n) is 1.39. The van der Waals surface area contributed by atoms with Gasteiger partial charge in [-0.2, -0.15) is 0 Å². The molecule has 0 fully saturated rings. The van der Waals surface area contributed by atoms with E-state index in [9.17, 15) is 4.79 Å². The van der Waals surface area contributed by atoms with E-state index in [1.54, 1.807) is 0 Å². The summed E-state index contributed by atoms with van der Waals surface area (Å²) in [6.07, 6.45) is -0.764. The van der Waals surface area contributed by atoms with E-state index in [1.165, 1.54) is 12.5 Å². The Balaban J connectivity index is 2.71. The molecule has 0 aromatic carbocycles. The van der Waals surface area contributed by atoms with Crippen molar-refractivity contribution in [3.8, 4) is 0 Å². The number of imidazole rings is 1. The van der Waals surface area contributed by atoms with Gasteiger partial charge < -0.3 is 20.3 Å². The van der Waals surface area contributed by atoms with Gasteiger partial charge in [0, 0.05) is 0 Å². The molecule has 1 rings (SSSR count). The van der Waals surface area contributed by atoms with Crippen molar-refractivity contribution < 1.29 is 20.1 Å². The molecule has 6 heteroatoms. The Morgan fingerprint density at radius 3 is 2.67 bits per heavy atom. The topological polar surface area (TPSA) is 106 Å². The van der Waals surface area contributed by atoms with Crippen LogP contribution < -0.4 is 0 Å². The summed E-state index contributed by atoms with van der Waals surface area (Å²) in [6.45, 7) is 0. The molecule has 0 amide bonds. The Kier molecular flexibility index (Phi) is 2.41. The fourth-order valence-corrected chi connectivity index (χ4v) is 0.734. The third-order valence-corrected chi connectivity index (χ3v) is 1.39. The van der Waals surface area contributed by atoms with Crippen LogP contribution in [0, 0.1) is 0 Å². The van der Waals surface area contributed by atoms with Gasteiger partial charge in [0.05, 0.1) is 18.2 Å². The van der Waals surface area contributed by atoms with Crippen LogP contribution in [-0.4, -0.2) is 37.4 Å². The number of rotatable bonds is 3. The Morgan fingerprint density at radius 1 is 1.58 bits per heavy atom. The lowest BCUT2D eigenvalue weighted by Crippen LogP contribution is -2.27. The zero-order valence-corrected chi connectivity index (χ0v) is 6.01. The predicted octanol–water partition coefficient (Wildman–Crippen LogP) is -1.11. The maximum atomic E-state index is 10.2. The summed E-state index contributed by atoms with van der Waals surface area (Å²) in [7, 11) is 0. The zero-order chi connectivity index (χ0) is 9.14. The Labute approximate surface area is 67.5 Å². The van der Waals surface area contributed by atoms with E-state index in [1.807, 2.05) is 0 Å². The average Bonchev–Trinajstić information content (AvgIpc) is 2.53. The lowest BCUT2D eigenvalue weighted by molar-refractivity contribution is -0.153. The number of aliphatic hydroxyl groups excluding tert-OH is 2. The maximum Gasteiger partial charge on any atom is 0.335 e. The molecule has 0 saturated carbocycles. The van der Waals surface area contributed by atoms with Gasteiger partial charge in [-0.05, 0) is 0 Å². The van der Waals surface area contributed by atoms with Crippen LogP contribution in [-0.2, 0) is 4.79 Å². The van der Waals surface area contributed by atoms with Crippen LogP contribution in [0.5, 0.6) is 0 Å². The molecule has 0 bridgehead atoms. The summed E-state index contributed by atoms with van der Waals surface area (Å²) in [5, 5.41) is 26.3. The number of aliphatic carboxylic acids is 1. The number of nitrogens with zero attached hydrogens (tertiary/aromatic N) is 1. The highest BCUT2D eigenvalue weighted by atomic mass is 16.4. The van der Waals surface area contributed by atoms with Crippen molar-refractivity contribution in [3.05, 3.63) is 18.2 Å². The van der Waals surface area contributed by atoms with Crippen molar-refractivity contribution >= 4 is 5.97 Å². The van der Waals surface area contributed by atoms with Gasteiger partial charge in [-0.1, -0.05) is 0 Å². The number of carbonyl (C=O) groups is 1. The maximum absolute atomic E-state index is 10.2. The quantitative estimate of drug-likeness (QED) is 0.462. The number of hydrogen-bond acceptors (Lipinski definition) is 4. The summed E-state index contributed by atoms with van der Waals surface area (Å²) in [5.74, 6) is -1.47. The molecule has 0 saturated heterocycles. The van der Waals surface area contributed by atoms with Gasteiger partial charge >= 0.3 is 5.97 Å². The van der Waals surface area contributed by atoms with Gasteiger partial charge in [-0.3, -0.25) is 0 Å². The van der Waals surface area contributed by atoms with Crippen LogP contribution in [0.1, 0.15) is 11.8 Å². The Morgan fingerprint density at radius 2 is 2.25 bits per heavy atom. The van der Waals surface area contributed by atoms with Crippen LogP contribution >= 0.6 is 0 Å². The van der Waals surface area contributed by atoms with Crippen molar-refractivity contribution in [1.82, 2.24) is 9.97 Å². The van der Waals surface area contributed by atoms with Crippen molar-refractivity contribution in [2.75, 3.05) is 0 Å². The molecule has 66 valence electrons. The number of nitrogens with one attached hydrogen (secondary N) is 1. The number of carboxylic acids is 1. The van der Waals surface area contributed by atoms with Crippen molar-refractivity contribution in [3.63, 3.8) is 0 Å². The fourth-order valence-electron chi connectivity index (χ4n) is 0.734. The molecular weight excluding hydrogens is 164 g/mol. The lowest BCUT2D eigenvalue weighted by Gasteiger charge is -2.10. The van der Waals surface area contributed by atoms with Gasteiger partial charge in [0.15, 0.2) is 6.10 Å². The zero-order valence-electron chi connectivity index (χ0n) is 6.01. The van der Waals surface area contributed by atoms with Gasteiger partial charge in [0.1, 0.15) is 6.10 Å². The molecule has 12 heavy (non-hydrogen) atoms. The van der Waals surface area contributed by atoms with E-state index in [-0.39, 0.29) is 5.69 Å². The molecule has 4 N–H and O–H groups in total. The second-order valence-corrected chi connectivity index (χ2v) is 2.23. The first-order valence-corrected chi connectivity index (χ1v) is 3.20. The number of aliphatic hydroxyl groups is 2. The van der Waals surface area contributed by atoms with E-state index in [0.29, 0.717) is 0 Å². The second-order valence-electron chi connectivity index (χ2n) is 2.23. The normalized spacial score (nSPS) is 15.5. The van der Waals surface area contributed by atoms with Crippen LogP contribution in [0.15, 0.2) is 12.5 Å². The van der Waals surface area contributed by atoms with Gasteiger partial charge in [0.2, 0.25) is 0 Å². The average molecular weight is 172 g/mol.